The van der Waals surface area contributed by atoms with Crippen LogP contribution in [0.5, 0.6) is 5.75 Å². The van der Waals surface area contributed by atoms with Crippen molar-refractivity contribution >= 4 is 5.91 Å². The van der Waals surface area contributed by atoms with Gasteiger partial charge in [0.2, 0.25) is 5.91 Å². The molecule has 2 rings (SSSR count). The van der Waals surface area contributed by atoms with E-state index in [4.69, 9.17) is 10.5 Å². The summed E-state index contributed by atoms with van der Waals surface area (Å²) in [5, 5.41) is 0. The lowest BCUT2D eigenvalue weighted by Gasteiger charge is -2.33. The first-order valence-electron chi connectivity index (χ1n) is 7.82. The number of nitrogens with zero attached hydrogens (tertiary/aromatic N) is 1. The van der Waals surface area contributed by atoms with Crippen LogP contribution in [0, 0.1) is 5.92 Å². The molecule has 4 heteroatoms. The van der Waals surface area contributed by atoms with Crippen molar-refractivity contribution in [1.29, 1.82) is 0 Å². The van der Waals surface area contributed by atoms with Crippen molar-refractivity contribution < 1.29 is 9.53 Å². The SMILES string of the molecule is CC(C)C[C@@H](N)C(=O)N1CCC(Oc2ccccc2)CC1. The summed E-state index contributed by atoms with van der Waals surface area (Å²) in [6.45, 7) is 5.66. The molecule has 1 fully saturated rings. The largest absolute Gasteiger partial charge is 0.490 e. The van der Waals surface area contributed by atoms with Gasteiger partial charge in [0, 0.05) is 25.9 Å². The van der Waals surface area contributed by atoms with Gasteiger partial charge in [-0.3, -0.25) is 4.79 Å². The molecule has 1 atom stereocenters. The molecule has 1 heterocycles. The van der Waals surface area contributed by atoms with Crippen LogP contribution in [0.4, 0.5) is 0 Å². The van der Waals surface area contributed by atoms with E-state index in [1.54, 1.807) is 0 Å². The highest BCUT2D eigenvalue weighted by Crippen LogP contribution is 2.19. The summed E-state index contributed by atoms with van der Waals surface area (Å²) < 4.78 is 5.94. The molecule has 0 unspecified atom stereocenters. The van der Waals surface area contributed by atoms with Crippen molar-refractivity contribution in [3.8, 4) is 5.75 Å². The Morgan fingerprint density at radius 1 is 1.29 bits per heavy atom. The van der Waals surface area contributed by atoms with Gasteiger partial charge in [0.05, 0.1) is 6.04 Å². The first-order chi connectivity index (χ1) is 10.1. The van der Waals surface area contributed by atoms with Crippen LogP contribution >= 0.6 is 0 Å². The molecule has 0 radical (unpaired) electrons. The van der Waals surface area contributed by atoms with Crippen LogP contribution in [0.15, 0.2) is 30.3 Å². The third-order valence-electron chi connectivity index (χ3n) is 3.84. The van der Waals surface area contributed by atoms with Crippen molar-refractivity contribution in [2.24, 2.45) is 11.7 Å². The van der Waals surface area contributed by atoms with Gasteiger partial charge in [0.25, 0.3) is 0 Å². The zero-order valence-corrected chi connectivity index (χ0v) is 13.0. The van der Waals surface area contributed by atoms with Gasteiger partial charge in [0.1, 0.15) is 11.9 Å². The highest BCUT2D eigenvalue weighted by Gasteiger charge is 2.27. The molecule has 21 heavy (non-hydrogen) atoms. The van der Waals surface area contributed by atoms with Gasteiger partial charge in [-0.15, -0.1) is 0 Å². The average Bonchev–Trinajstić information content (AvgIpc) is 2.47. The Morgan fingerprint density at radius 3 is 2.48 bits per heavy atom. The summed E-state index contributed by atoms with van der Waals surface area (Å²) in [7, 11) is 0. The van der Waals surface area contributed by atoms with Crippen molar-refractivity contribution in [2.45, 2.75) is 45.3 Å². The van der Waals surface area contributed by atoms with E-state index in [0.29, 0.717) is 5.92 Å². The lowest BCUT2D eigenvalue weighted by atomic mass is 10.0. The van der Waals surface area contributed by atoms with Crippen LogP contribution in [-0.4, -0.2) is 36.0 Å². The van der Waals surface area contributed by atoms with Gasteiger partial charge < -0.3 is 15.4 Å². The Kier molecular flexibility index (Phi) is 5.62. The number of likely N-dealkylation sites (tertiary alicyclic amines) is 1. The maximum absolute atomic E-state index is 12.3. The molecule has 1 aromatic rings. The molecule has 1 amide bonds. The van der Waals surface area contributed by atoms with E-state index in [1.807, 2.05) is 35.2 Å². The molecule has 2 N–H and O–H groups in total. The fraction of sp³-hybridized carbons (Fsp3) is 0.588. The van der Waals surface area contributed by atoms with E-state index in [0.717, 1.165) is 38.1 Å². The van der Waals surface area contributed by atoms with Crippen LogP contribution in [0.2, 0.25) is 0 Å². The highest BCUT2D eigenvalue weighted by atomic mass is 16.5. The number of carbonyl (C=O) groups excluding carboxylic acids is 1. The van der Waals surface area contributed by atoms with E-state index >= 15 is 0 Å². The number of ether oxygens (including phenoxy) is 1. The number of rotatable bonds is 5. The molecule has 0 aromatic heterocycles. The van der Waals surface area contributed by atoms with Crippen molar-refractivity contribution in [3.05, 3.63) is 30.3 Å². The minimum atomic E-state index is -0.364. The first-order valence-corrected chi connectivity index (χ1v) is 7.82. The zero-order chi connectivity index (χ0) is 15.2. The quantitative estimate of drug-likeness (QED) is 0.906. The molecular weight excluding hydrogens is 264 g/mol. The Bertz CT molecular complexity index is 439. The van der Waals surface area contributed by atoms with Gasteiger partial charge in [-0.05, 0) is 24.5 Å². The van der Waals surface area contributed by atoms with Gasteiger partial charge in [-0.1, -0.05) is 32.0 Å². The molecule has 1 aromatic carbocycles. The summed E-state index contributed by atoms with van der Waals surface area (Å²) in [5.41, 5.74) is 5.98. The number of carbonyl (C=O) groups is 1. The Hall–Kier alpha value is -1.55. The van der Waals surface area contributed by atoms with Gasteiger partial charge >= 0.3 is 0 Å². The minimum absolute atomic E-state index is 0.0851. The fourth-order valence-electron chi connectivity index (χ4n) is 2.73. The van der Waals surface area contributed by atoms with Crippen LogP contribution in [0.3, 0.4) is 0 Å². The van der Waals surface area contributed by atoms with Crippen molar-refractivity contribution in [3.63, 3.8) is 0 Å². The monoisotopic (exact) mass is 290 g/mol. The molecule has 0 saturated carbocycles. The number of benzene rings is 1. The van der Waals surface area contributed by atoms with E-state index in [1.165, 1.54) is 0 Å². The number of amides is 1. The Labute approximate surface area is 127 Å². The van der Waals surface area contributed by atoms with E-state index in [9.17, 15) is 4.79 Å². The standard InChI is InChI=1S/C17H26N2O2/c1-13(2)12-16(18)17(20)19-10-8-15(9-11-19)21-14-6-4-3-5-7-14/h3-7,13,15-16H,8-12,18H2,1-2H3/t16-/m1/s1. The number of hydrogen-bond acceptors (Lipinski definition) is 3. The Morgan fingerprint density at radius 2 is 1.90 bits per heavy atom. The van der Waals surface area contributed by atoms with Crippen LogP contribution in [0.1, 0.15) is 33.1 Å². The van der Waals surface area contributed by atoms with E-state index in [-0.39, 0.29) is 18.1 Å². The third kappa shape index (κ3) is 4.74. The first kappa shape index (κ1) is 15.8. The molecule has 0 aliphatic carbocycles. The predicted molar refractivity (Wildman–Crippen MR) is 84.1 cm³/mol. The number of para-hydroxylation sites is 1. The summed E-state index contributed by atoms with van der Waals surface area (Å²) >= 11 is 0. The van der Waals surface area contributed by atoms with Crippen LogP contribution < -0.4 is 10.5 Å². The number of piperidine rings is 1. The molecule has 0 bridgehead atoms. The molecule has 1 saturated heterocycles. The molecule has 116 valence electrons. The van der Waals surface area contributed by atoms with Crippen molar-refractivity contribution in [1.82, 2.24) is 4.90 Å². The second kappa shape index (κ2) is 7.46. The second-order valence-electron chi connectivity index (χ2n) is 6.19. The summed E-state index contributed by atoms with van der Waals surface area (Å²) in [5.74, 6) is 1.43. The van der Waals surface area contributed by atoms with Crippen LogP contribution in [-0.2, 0) is 4.79 Å². The Balaban J connectivity index is 1.79. The summed E-state index contributed by atoms with van der Waals surface area (Å²) in [6, 6.07) is 9.49. The normalized spacial score (nSPS) is 17.8. The lowest BCUT2D eigenvalue weighted by Crippen LogP contribution is -2.49. The van der Waals surface area contributed by atoms with E-state index in [2.05, 4.69) is 13.8 Å². The van der Waals surface area contributed by atoms with Gasteiger partial charge in [-0.2, -0.15) is 0 Å². The molecule has 1 aliphatic heterocycles. The smallest absolute Gasteiger partial charge is 0.239 e. The van der Waals surface area contributed by atoms with E-state index < -0.39 is 0 Å². The minimum Gasteiger partial charge on any atom is -0.490 e. The second-order valence-corrected chi connectivity index (χ2v) is 6.19. The highest BCUT2D eigenvalue weighted by molar-refractivity contribution is 5.81. The summed E-state index contributed by atoms with van der Waals surface area (Å²) in [6.07, 6.45) is 2.68. The number of hydrogen-bond donors (Lipinski definition) is 1. The van der Waals surface area contributed by atoms with Gasteiger partial charge in [-0.25, -0.2) is 0 Å². The predicted octanol–water partition coefficient (Wildman–Crippen LogP) is 2.43. The number of nitrogens with two attached hydrogens (primary N) is 1. The molecule has 0 spiro atoms. The average molecular weight is 290 g/mol. The van der Waals surface area contributed by atoms with Crippen LogP contribution in [0.25, 0.3) is 0 Å². The molecule has 4 nitrogen and oxygen atoms in total. The maximum atomic E-state index is 12.3. The molecular formula is C17H26N2O2. The van der Waals surface area contributed by atoms with Gasteiger partial charge in [0.15, 0.2) is 0 Å². The molecule has 1 aliphatic rings. The van der Waals surface area contributed by atoms with Crippen molar-refractivity contribution in [2.75, 3.05) is 13.1 Å². The zero-order valence-electron chi connectivity index (χ0n) is 13.0. The summed E-state index contributed by atoms with van der Waals surface area (Å²) in [4.78, 5) is 14.1. The lowest BCUT2D eigenvalue weighted by molar-refractivity contribution is -0.134. The topological polar surface area (TPSA) is 55.6 Å². The third-order valence-corrected chi connectivity index (χ3v) is 3.84. The fourth-order valence-corrected chi connectivity index (χ4v) is 2.73. The maximum Gasteiger partial charge on any atom is 0.239 e.